The van der Waals surface area contributed by atoms with Crippen molar-refractivity contribution in [1.82, 2.24) is 9.55 Å². The smallest absolute Gasteiger partial charge is 0.326 e. The van der Waals surface area contributed by atoms with E-state index in [-0.39, 0.29) is 25.3 Å². The fraction of sp³-hybridized carbons (Fsp3) is 0.250. The number of benzene rings is 2. The van der Waals surface area contributed by atoms with Crippen LogP contribution in [0.1, 0.15) is 11.1 Å². The molecule has 3 aromatic rings. The molecule has 26 heavy (non-hydrogen) atoms. The van der Waals surface area contributed by atoms with E-state index < -0.39 is 5.97 Å². The van der Waals surface area contributed by atoms with Gasteiger partial charge in [0, 0.05) is 0 Å². The zero-order valence-electron chi connectivity index (χ0n) is 14.8. The van der Waals surface area contributed by atoms with Gasteiger partial charge in [-0.05, 0) is 49.2 Å². The first-order valence-corrected chi connectivity index (χ1v) is 8.34. The number of para-hydroxylation sites is 1. The molecule has 6 nitrogen and oxygen atoms in total. The molecule has 6 heteroatoms. The van der Waals surface area contributed by atoms with Gasteiger partial charge in [-0.2, -0.15) is 0 Å². The van der Waals surface area contributed by atoms with Gasteiger partial charge in [-0.15, -0.1) is 0 Å². The molecule has 1 heterocycles. The predicted octanol–water partition coefficient (Wildman–Crippen LogP) is 2.64. The molecule has 0 spiro atoms. The zero-order valence-corrected chi connectivity index (χ0v) is 14.8. The van der Waals surface area contributed by atoms with E-state index in [1.807, 2.05) is 32.0 Å². The standard InChI is InChI=1S/C20H20N2O4/c1-14-9-15(2)11-16(10-14)25-7-8-26-19(23)12-22-13-21-18-6-4-3-5-17(18)20(22)24/h3-6,9-11,13H,7-8,12H2,1-2H3. The minimum absolute atomic E-state index is 0.113. The van der Waals surface area contributed by atoms with Crippen LogP contribution in [-0.2, 0) is 16.1 Å². The molecule has 0 saturated carbocycles. The lowest BCUT2D eigenvalue weighted by Crippen LogP contribution is -2.26. The second-order valence-corrected chi connectivity index (χ2v) is 6.09. The third-order valence-corrected chi connectivity index (χ3v) is 3.84. The molecule has 0 unspecified atom stereocenters. The topological polar surface area (TPSA) is 70.4 Å². The van der Waals surface area contributed by atoms with Crippen LogP contribution in [0, 0.1) is 13.8 Å². The second-order valence-electron chi connectivity index (χ2n) is 6.09. The van der Waals surface area contributed by atoms with Gasteiger partial charge in [0.2, 0.25) is 0 Å². The number of hydrogen-bond donors (Lipinski definition) is 0. The third-order valence-electron chi connectivity index (χ3n) is 3.84. The normalized spacial score (nSPS) is 10.7. The van der Waals surface area contributed by atoms with Crippen molar-refractivity contribution in [1.29, 1.82) is 0 Å². The summed E-state index contributed by atoms with van der Waals surface area (Å²) < 4.78 is 12.0. The van der Waals surface area contributed by atoms with E-state index >= 15 is 0 Å². The Kier molecular flexibility index (Phi) is 5.31. The summed E-state index contributed by atoms with van der Waals surface area (Å²) >= 11 is 0. The summed E-state index contributed by atoms with van der Waals surface area (Å²) in [4.78, 5) is 28.5. The van der Waals surface area contributed by atoms with Crippen molar-refractivity contribution in [2.45, 2.75) is 20.4 Å². The van der Waals surface area contributed by atoms with Crippen molar-refractivity contribution < 1.29 is 14.3 Å². The van der Waals surface area contributed by atoms with Crippen molar-refractivity contribution >= 4 is 16.9 Å². The summed E-state index contributed by atoms with van der Waals surface area (Å²) in [5.74, 6) is 0.238. The van der Waals surface area contributed by atoms with Gasteiger partial charge in [0.15, 0.2) is 0 Å². The fourth-order valence-corrected chi connectivity index (χ4v) is 2.73. The highest BCUT2D eigenvalue weighted by Gasteiger charge is 2.09. The molecule has 0 amide bonds. The number of aryl methyl sites for hydroxylation is 2. The van der Waals surface area contributed by atoms with Crippen molar-refractivity contribution in [2.24, 2.45) is 0 Å². The number of nitrogens with zero attached hydrogens (tertiary/aromatic N) is 2. The average Bonchev–Trinajstić information content (AvgIpc) is 2.61. The number of esters is 1. The van der Waals surface area contributed by atoms with Crippen LogP contribution in [0.2, 0.25) is 0 Å². The lowest BCUT2D eigenvalue weighted by atomic mass is 10.1. The van der Waals surface area contributed by atoms with Gasteiger partial charge >= 0.3 is 5.97 Å². The Labute approximate surface area is 151 Å². The molecule has 0 atom stereocenters. The van der Waals surface area contributed by atoms with E-state index in [1.165, 1.54) is 10.9 Å². The van der Waals surface area contributed by atoms with Gasteiger partial charge in [-0.1, -0.05) is 18.2 Å². The van der Waals surface area contributed by atoms with Gasteiger partial charge in [-0.3, -0.25) is 14.2 Å². The average molecular weight is 352 g/mol. The van der Waals surface area contributed by atoms with Crippen molar-refractivity contribution in [3.05, 3.63) is 70.3 Å². The maximum Gasteiger partial charge on any atom is 0.326 e. The number of aromatic nitrogens is 2. The number of carbonyl (C=O) groups is 1. The molecule has 0 fully saturated rings. The largest absolute Gasteiger partial charge is 0.490 e. The van der Waals surface area contributed by atoms with Gasteiger partial charge in [0.25, 0.3) is 5.56 Å². The van der Waals surface area contributed by atoms with E-state index in [0.29, 0.717) is 10.9 Å². The van der Waals surface area contributed by atoms with Crippen LogP contribution < -0.4 is 10.3 Å². The maximum absolute atomic E-state index is 12.3. The van der Waals surface area contributed by atoms with Gasteiger partial charge in [0.1, 0.15) is 25.5 Å². The van der Waals surface area contributed by atoms with Gasteiger partial charge in [0.05, 0.1) is 17.2 Å². The number of hydrogen-bond acceptors (Lipinski definition) is 5. The highest BCUT2D eigenvalue weighted by molar-refractivity contribution is 5.77. The van der Waals surface area contributed by atoms with Crippen LogP contribution in [0.25, 0.3) is 10.9 Å². The molecule has 0 aliphatic carbocycles. The summed E-state index contributed by atoms with van der Waals surface area (Å²) in [6, 6.07) is 12.9. The van der Waals surface area contributed by atoms with E-state index in [4.69, 9.17) is 9.47 Å². The van der Waals surface area contributed by atoms with Crippen LogP contribution >= 0.6 is 0 Å². The maximum atomic E-state index is 12.3. The van der Waals surface area contributed by atoms with E-state index in [9.17, 15) is 9.59 Å². The SMILES string of the molecule is Cc1cc(C)cc(OCCOC(=O)Cn2cnc3ccccc3c2=O)c1. The second kappa shape index (κ2) is 7.82. The number of rotatable bonds is 6. The molecule has 0 N–H and O–H groups in total. The number of fused-ring (bicyclic) bond motifs is 1. The molecule has 3 rings (SSSR count). The molecule has 1 aromatic heterocycles. The molecular weight excluding hydrogens is 332 g/mol. The summed E-state index contributed by atoms with van der Waals surface area (Å²) in [7, 11) is 0. The monoisotopic (exact) mass is 352 g/mol. The number of ether oxygens (including phenoxy) is 2. The lowest BCUT2D eigenvalue weighted by Gasteiger charge is -2.10. The quantitative estimate of drug-likeness (QED) is 0.504. The molecule has 0 aliphatic heterocycles. The Morgan fingerprint density at radius 1 is 1.08 bits per heavy atom. The highest BCUT2D eigenvalue weighted by atomic mass is 16.6. The first-order valence-electron chi connectivity index (χ1n) is 8.34. The van der Waals surface area contributed by atoms with Crippen LogP contribution in [0.3, 0.4) is 0 Å². The van der Waals surface area contributed by atoms with Crippen LogP contribution in [0.5, 0.6) is 5.75 Å². The van der Waals surface area contributed by atoms with Crippen molar-refractivity contribution in [2.75, 3.05) is 13.2 Å². The van der Waals surface area contributed by atoms with Crippen LogP contribution in [0.4, 0.5) is 0 Å². The molecule has 0 saturated heterocycles. The van der Waals surface area contributed by atoms with Crippen molar-refractivity contribution in [3.63, 3.8) is 0 Å². The Morgan fingerprint density at radius 2 is 1.81 bits per heavy atom. The summed E-state index contributed by atoms with van der Waals surface area (Å²) in [6.45, 7) is 4.17. The van der Waals surface area contributed by atoms with E-state index in [2.05, 4.69) is 11.1 Å². The summed E-state index contributed by atoms with van der Waals surface area (Å²) in [5.41, 5.74) is 2.56. The first kappa shape index (κ1) is 17.7. The van der Waals surface area contributed by atoms with Crippen molar-refractivity contribution in [3.8, 4) is 5.75 Å². The molecule has 0 radical (unpaired) electrons. The zero-order chi connectivity index (χ0) is 18.5. The Morgan fingerprint density at radius 3 is 2.58 bits per heavy atom. The molecule has 2 aromatic carbocycles. The van der Waals surface area contributed by atoms with Gasteiger partial charge < -0.3 is 9.47 Å². The highest BCUT2D eigenvalue weighted by Crippen LogP contribution is 2.15. The molecule has 134 valence electrons. The van der Waals surface area contributed by atoms with E-state index in [0.717, 1.165) is 16.9 Å². The first-order chi connectivity index (χ1) is 12.5. The minimum Gasteiger partial charge on any atom is -0.490 e. The van der Waals surface area contributed by atoms with Crippen LogP contribution in [0.15, 0.2) is 53.6 Å². The fourth-order valence-electron chi connectivity index (χ4n) is 2.73. The third kappa shape index (κ3) is 4.27. The number of carbonyl (C=O) groups excluding carboxylic acids is 1. The lowest BCUT2D eigenvalue weighted by molar-refractivity contribution is -0.145. The summed E-state index contributed by atoms with van der Waals surface area (Å²) in [5, 5.41) is 0.473. The van der Waals surface area contributed by atoms with Crippen LogP contribution in [-0.4, -0.2) is 28.7 Å². The predicted molar refractivity (Wildman–Crippen MR) is 98.4 cm³/mol. The van der Waals surface area contributed by atoms with Gasteiger partial charge in [-0.25, -0.2) is 4.98 Å². The minimum atomic E-state index is -0.506. The Balaban J connectivity index is 1.53. The molecule has 0 bridgehead atoms. The molecule has 0 aliphatic rings. The Hall–Kier alpha value is -3.15. The summed E-state index contributed by atoms with van der Waals surface area (Å²) in [6.07, 6.45) is 1.36. The molecular formula is C20H20N2O4. The Bertz CT molecular complexity index is 974. The van der Waals surface area contributed by atoms with E-state index in [1.54, 1.807) is 18.2 Å².